The standard InChI is InChI=1S/C22H20FN3O2/c23-20-14-8-7-13-19(20)22(28)24-15-21(27)25-26(18-11-5-2-6-12-18)16-17-9-3-1-4-10-17/h1-14H,15-16H2,(H,24,28)(H,25,27). The Labute approximate surface area is 162 Å². The Hall–Kier alpha value is -3.67. The van der Waals surface area contributed by atoms with Gasteiger partial charge in [-0.25, -0.2) is 4.39 Å². The number of nitrogens with one attached hydrogen (secondary N) is 2. The number of benzene rings is 3. The van der Waals surface area contributed by atoms with Crippen molar-refractivity contribution >= 4 is 17.5 Å². The molecule has 0 bridgehead atoms. The van der Waals surface area contributed by atoms with Crippen LogP contribution < -0.4 is 15.8 Å². The third-order valence-corrected chi connectivity index (χ3v) is 4.04. The molecule has 3 rings (SSSR count). The van der Waals surface area contributed by atoms with E-state index in [1.807, 2.05) is 60.7 Å². The molecule has 0 spiro atoms. The number of anilines is 1. The smallest absolute Gasteiger partial charge is 0.257 e. The summed E-state index contributed by atoms with van der Waals surface area (Å²) in [5.74, 6) is -1.68. The molecule has 0 fully saturated rings. The van der Waals surface area contributed by atoms with E-state index >= 15 is 0 Å². The third kappa shape index (κ3) is 5.17. The van der Waals surface area contributed by atoms with Gasteiger partial charge < -0.3 is 5.32 Å². The Balaban J connectivity index is 1.64. The zero-order chi connectivity index (χ0) is 19.8. The second kappa shape index (κ2) is 9.32. The van der Waals surface area contributed by atoms with Gasteiger partial charge in [-0.05, 0) is 29.8 Å². The number of carbonyl (C=O) groups is 2. The van der Waals surface area contributed by atoms with Gasteiger partial charge in [-0.15, -0.1) is 0 Å². The quantitative estimate of drug-likeness (QED) is 0.621. The summed E-state index contributed by atoms with van der Waals surface area (Å²) in [4.78, 5) is 24.4. The van der Waals surface area contributed by atoms with Crippen LogP contribution in [0.1, 0.15) is 15.9 Å². The summed E-state index contributed by atoms with van der Waals surface area (Å²) in [5, 5.41) is 4.14. The first-order chi connectivity index (χ1) is 13.6. The predicted octanol–water partition coefficient (Wildman–Crippen LogP) is 3.29. The number of amides is 2. The fourth-order valence-corrected chi connectivity index (χ4v) is 2.66. The monoisotopic (exact) mass is 377 g/mol. The van der Waals surface area contributed by atoms with Crippen molar-refractivity contribution in [2.75, 3.05) is 11.6 Å². The van der Waals surface area contributed by atoms with Gasteiger partial charge in [0, 0.05) is 0 Å². The molecule has 2 amide bonds. The summed E-state index contributed by atoms with van der Waals surface area (Å²) >= 11 is 0. The number of hydrazine groups is 1. The van der Waals surface area contributed by atoms with Gasteiger partial charge in [0.25, 0.3) is 11.8 Å². The van der Waals surface area contributed by atoms with Crippen LogP contribution in [-0.4, -0.2) is 18.4 Å². The molecule has 0 radical (unpaired) electrons. The number of para-hydroxylation sites is 1. The molecule has 6 heteroatoms. The molecule has 0 aliphatic carbocycles. The van der Waals surface area contributed by atoms with E-state index in [2.05, 4.69) is 10.7 Å². The second-order valence-electron chi connectivity index (χ2n) is 6.10. The average molecular weight is 377 g/mol. The van der Waals surface area contributed by atoms with E-state index in [0.717, 1.165) is 11.3 Å². The largest absolute Gasteiger partial charge is 0.343 e. The number of hydrogen-bond acceptors (Lipinski definition) is 3. The van der Waals surface area contributed by atoms with Crippen LogP contribution in [0.15, 0.2) is 84.9 Å². The molecule has 0 aromatic heterocycles. The molecule has 0 saturated carbocycles. The van der Waals surface area contributed by atoms with Crippen molar-refractivity contribution in [2.24, 2.45) is 0 Å². The lowest BCUT2D eigenvalue weighted by Crippen LogP contribution is -2.46. The van der Waals surface area contributed by atoms with Crippen molar-refractivity contribution in [1.29, 1.82) is 0 Å². The highest BCUT2D eigenvalue weighted by Gasteiger charge is 2.14. The van der Waals surface area contributed by atoms with E-state index in [4.69, 9.17) is 0 Å². The van der Waals surface area contributed by atoms with Crippen molar-refractivity contribution in [3.05, 3.63) is 102 Å². The van der Waals surface area contributed by atoms with Gasteiger partial charge in [0.15, 0.2) is 0 Å². The highest BCUT2D eigenvalue weighted by atomic mass is 19.1. The normalized spacial score (nSPS) is 10.2. The molecule has 5 nitrogen and oxygen atoms in total. The first kappa shape index (κ1) is 19.1. The number of halogens is 1. The van der Waals surface area contributed by atoms with E-state index < -0.39 is 17.6 Å². The molecule has 0 saturated heterocycles. The number of hydrogen-bond donors (Lipinski definition) is 2. The van der Waals surface area contributed by atoms with Crippen LogP contribution in [-0.2, 0) is 11.3 Å². The summed E-state index contributed by atoms with van der Waals surface area (Å²) in [7, 11) is 0. The van der Waals surface area contributed by atoms with Crippen LogP contribution in [0, 0.1) is 5.82 Å². The lowest BCUT2D eigenvalue weighted by Gasteiger charge is -2.25. The minimum Gasteiger partial charge on any atom is -0.343 e. The van der Waals surface area contributed by atoms with Gasteiger partial charge in [-0.3, -0.25) is 20.0 Å². The molecular weight excluding hydrogens is 357 g/mol. The Morgan fingerprint density at radius 1 is 0.821 bits per heavy atom. The number of nitrogens with zero attached hydrogens (tertiary/aromatic N) is 1. The molecule has 142 valence electrons. The highest BCUT2D eigenvalue weighted by Crippen LogP contribution is 2.14. The molecule has 0 heterocycles. The van der Waals surface area contributed by atoms with Gasteiger partial charge in [0.2, 0.25) is 0 Å². The Morgan fingerprint density at radius 2 is 1.43 bits per heavy atom. The summed E-state index contributed by atoms with van der Waals surface area (Å²) in [6.07, 6.45) is 0. The molecule has 3 aromatic rings. The van der Waals surface area contributed by atoms with Crippen LogP contribution in [0.5, 0.6) is 0 Å². The molecule has 28 heavy (non-hydrogen) atoms. The Bertz CT molecular complexity index is 933. The van der Waals surface area contributed by atoms with Gasteiger partial charge in [0.1, 0.15) is 5.82 Å². The summed E-state index contributed by atoms with van der Waals surface area (Å²) in [6, 6.07) is 24.7. The van der Waals surface area contributed by atoms with E-state index in [-0.39, 0.29) is 12.1 Å². The van der Waals surface area contributed by atoms with E-state index in [1.54, 1.807) is 11.1 Å². The van der Waals surface area contributed by atoms with E-state index in [9.17, 15) is 14.0 Å². The topological polar surface area (TPSA) is 61.4 Å². The van der Waals surface area contributed by atoms with Crippen LogP contribution in [0.3, 0.4) is 0 Å². The Morgan fingerprint density at radius 3 is 2.11 bits per heavy atom. The maximum Gasteiger partial charge on any atom is 0.257 e. The van der Waals surface area contributed by atoms with Crippen LogP contribution in [0.25, 0.3) is 0 Å². The highest BCUT2D eigenvalue weighted by molar-refractivity contribution is 5.96. The first-order valence-corrected chi connectivity index (χ1v) is 8.82. The van der Waals surface area contributed by atoms with E-state index in [1.165, 1.54) is 18.2 Å². The summed E-state index contributed by atoms with van der Waals surface area (Å²) in [6.45, 7) is 0.184. The van der Waals surface area contributed by atoms with Crippen molar-refractivity contribution < 1.29 is 14.0 Å². The van der Waals surface area contributed by atoms with Gasteiger partial charge in [-0.2, -0.15) is 0 Å². The minimum absolute atomic E-state index is 0.0977. The molecule has 3 aromatic carbocycles. The van der Waals surface area contributed by atoms with Crippen molar-refractivity contribution in [3.63, 3.8) is 0 Å². The number of carbonyl (C=O) groups excluding carboxylic acids is 2. The van der Waals surface area contributed by atoms with Gasteiger partial charge in [-0.1, -0.05) is 60.7 Å². The minimum atomic E-state index is -0.637. The van der Waals surface area contributed by atoms with Crippen LogP contribution in [0.4, 0.5) is 10.1 Å². The SMILES string of the molecule is O=C(CNC(=O)c1ccccc1F)NN(Cc1ccccc1)c1ccccc1. The predicted molar refractivity (Wildman–Crippen MR) is 106 cm³/mol. The molecule has 0 unspecified atom stereocenters. The molecule has 0 atom stereocenters. The van der Waals surface area contributed by atoms with Crippen molar-refractivity contribution in [2.45, 2.75) is 6.54 Å². The average Bonchev–Trinajstić information content (AvgIpc) is 2.73. The third-order valence-electron chi connectivity index (χ3n) is 4.04. The molecule has 0 aliphatic heterocycles. The van der Waals surface area contributed by atoms with E-state index in [0.29, 0.717) is 6.54 Å². The lowest BCUT2D eigenvalue weighted by atomic mass is 10.2. The zero-order valence-electron chi connectivity index (χ0n) is 15.1. The zero-order valence-corrected chi connectivity index (χ0v) is 15.1. The maximum absolute atomic E-state index is 13.7. The molecular formula is C22H20FN3O2. The fraction of sp³-hybridized carbons (Fsp3) is 0.0909. The first-order valence-electron chi connectivity index (χ1n) is 8.82. The van der Waals surface area contributed by atoms with Gasteiger partial charge in [0.05, 0.1) is 24.3 Å². The van der Waals surface area contributed by atoms with Gasteiger partial charge >= 0.3 is 0 Å². The summed E-state index contributed by atoms with van der Waals surface area (Å²) in [5.41, 5.74) is 4.51. The fourth-order valence-electron chi connectivity index (χ4n) is 2.66. The molecule has 0 aliphatic rings. The maximum atomic E-state index is 13.7. The van der Waals surface area contributed by atoms with Crippen molar-refractivity contribution in [1.82, 2.24) is 10.7 Å². The molecule has 2 N–H and O–H groups in total. The number of rotatable bonds is 7. The Kier molecular flexibility index (Phi) is 6.36. The summed E-state index contributed by atoms with van der Waals surface area (Å²) < 4.78 is 13.7. The van der Waals surface area contributed by atoms with Crippen molar-refractivity contribution in [3.8, 4) is 0 Å². The van der Waals surface area contributed by atoms with Crippen LogP contribution in [0.2, 0.25) is 0 Å². The lowest BCUT2D eigenvalue weighted by molar-refractivity contribution is -0.120. The van der Waals surface area contributed by atoms with Crippen LogP contribution >= 0.6 is 0 Å². The second-order valence-corrected chi connectivity index (χ2v) is 6.10.